The number of rotatable bonds is 15. The molecule has 10 heteroatoms. The molecular weight excluding hydrogens is 600 g/mol. The van der Waals surface area contributed by atoms with E-state index in [4.69, 9.17) is 0 Å². The zero-order chi connectivity index (χ0) is 32.8. The molecule has 1 aromatic heterocycles. The third kappa shape index (κ3) is 9.33. The van der Waals surface area contributed by atoms with E-state index in [1.165, 1.54) is 12.4 Å². The second kappa shape index (κ2) is 16.5. The van der Waals surface area contributed by atoms with Crippen LogP contribution < -0.4 is 10.6 Å². The first kappa shape index (κ1) is 34.0. The van der Waals surface area contributed by atoms with Crippen LogP contribution in [0.1, 0.15) is 60.8 Å². The first-order chi connectivity index (χ1) is 22.2. The second-order valence-electron chi connectivity index (χ2n) is 10.9. The number of benzene rings is 3. The predicted octanol–water partition coefficient (Wildman–Crippen LogP) is 4.72. The van der Waals surface area contributed by atoms with Crippen LogP contribution in [-0.4, -0.2) is 54.2 Å². The summed E-state index contributed by atoms with van der Waals surface area (Å²) in [5, 5.41) is 15.9. The van der Waals surface area contributed by atoms with Gasteiger partial charge in [0, 0.05) is 31.5 Å². The lowest BCUT2D eigenvalue weighted by Gasteiger charge is -2.37. The van der Waals surface area contributed by atoms with Gasteiger partial charge in [-0.15, -0.1) is 0 Å². The van der Waals surface area contributed by atoms with Gasteiger partial charge in [0.25, 0.3) is 0 Å². The van der Waals surface area contributed by atoms with E-state index in [0.717, 1.165) is 22.9 Å². The van der Waals surface area contributed by atoms with Crippen molar-refractivity contribution in [3.63, 3.8) is 0 Å². The molecule has 1 atom stereocenters. The molecule has 0 saturated heterocycles. The molecule has 0 aliphatic carbocycles. The molecule has 0 bridgehead atoms. The number of hydrogen-bond acceptors (Lipinski definition) is 7. The molecule has 0 aliphatic rings. The van der Waals surface area contributed by atoms with E-state index < -0.39 is 27.4 Å². The predicted molar refractivity (Wildman–Crippen MR) is 176 cm³/mol. The Balaban J connectivity index is 1.30. The van der Waals surface area contributed by atoms with E-state index in [0.29, 0.717) is 44.2 Å². The first-order valence-corrected chi connectivity index (χ1v) is 17.0. The van der Waals surface area contributed by atoms with Gasteiger partial charge in [-0.2, -0.15) is 0 Å². The van der Waals surface area contributed by atoms with E-state index in [-0.39, 0.29) is 17.5 Å². The van der Waals surface area contributed by atoms with Crippen molar-refractivity contribution >= 4 is 21.7 Å². The fourth-order valence-electron chi connectivity index (χ4n) is 5.22. The van der Waals surface area contributed by atoms with Gasteiger partial charge in [-0.25, -0.2) is 23.2 Å². The van der Waals surface area contributed by atoms with Crippen LogP contribution in [0.3, 0.4) is 0 Å². The Hall–Kier alpha value is -4.85. The van der Waals surface area contributed by atoms with Crippen LogP contribution in [0.15, 0.2) is 109 Å². The molecule has 0 saturated carbocycles. The number of sulfone groups is 1. The average Bonchev–Trinajstić information content (AvgIpc) is 3.06. The minimum Gasteiger partial charge on any atom is -0.480 e. The fourth-order valence-corrected chi connectivity index (χ4v) is 5.71. The molecule has 0 unspecified atom stereocenters. The van der Waals surface area contributed by atoms with Gasteiger partial charge in [0.15, 0.2) is 0 Å². The van der Waals surface area contributed by atoms with Crippen LogP contribution in [-0.2, 0) is 25.0 Å². The van der Waals surface area contributed by atoms with E-state index >= 15 is 0 Å². The highest BCUT2D eigenvalue weighted by Crippen LogP contribution is 2.36. The maximum atomic E-state index is 12.5. The molecule has 3 N–H and O–H groups in total. The number of carbonyl (C=O) groups excluding carboxylic acids is 1. The summed E-state index contributed by atoms with van der Waals surface area (Å²) >= 11 is 0. The van der Waals surface area contributed by atoms with Gasteiger partial charge in [-0.05, 0) is 48.9 Å². The number of unbranched alkanes of at least 4 members (excludes halogenated alkanes) is 2. The minimum absolute atomic E-state index is 0.136. The summed E-state index contributed by atoms with van der Waals surface area (Å²) < 4.78 is 22.9. The van der Waals surface area contributed by atoms with Crippen molar-refractivity contribution < 1.29 is 23.1 Å². The van der Waals surface area contributed by atoms with E-state index in [9.17, 15) is 23.1 Å². The number of hydrogen-bond donors (Lipinski definition) is 3. The highest BCUT2D eigenvalue weighted by atomic mass is 32.2. The van der Waals surface area contributed by atoms with Crippen molar-refractivity contribution in [3.05, 3.63) is 126 Å². The number of carboxylic acids is 1. The normalized spacial score (nSPS) is 12.0. The van der Waals surface area contributed by atoms with Crippen LogP contribution in [0.2, 0.25) is 0 Å². The van der Waals surface area contributed by atoms with Gasteiger partial charge >= 0.3 is 5.97 Å². The molecular formula is C36H38N4O5S. The Labute approximate surface area is 270 Å². The largest absolute Gasteiger partial charge is 0.480 e. The summed E-state index contributed by atoms with van der Waals surface area (Å²) in [5.41, 5.74) is 3.17. The highest BCUT2D eigenvalue weighted by molar-refractivity contribution is 7.90. The molecule has 0 spiro atoms. The molecule has 0 aliphatic heterocycles. The summed E-state index contributed by atoms with van der Waals surface area (Å²) in [6, 6.07) is 29.9. The maximum Gasteiger partial charge on any atom is 0.326 e. The van der Waals surface area contributed by atoms with Crippen LogP contribution in [0.4, 0.5) is 0 Å². The Bertz CT molecular complexity index is 1640. The SMILES string of the molecule is CS(=O)(=O)c1ncc(C#CCCCC(=O)N[C@@H](CCCCNC(c2ccccc2)(c2ccccc2)c2ccccc2)C(=O)O)cn1. The van der Waals surface area contributed by atoms with Crippen molar-refractivity contribution in [1.29, 1.82) is 0 Å². The quantitative estimate of drug-likeness (QED) is 0.0736. The van der Waals surface area contributed by atoms with Gasteiger partial charge in [0.05, 0.1) is 11.1 Å². The number of nitrogens with one attached hydrogen (secondary N) is 2. The number of carboxylic acid groups (broad SMARTS) is 1. The van der Waals surface area contributed by atoms with E-state index in [1.54, 1.807) is 0 Å². The zero-order valence-electron chi connectivity index (χ0n) is 25.7. The summed E-state index contributed by atoms with van der Waals surface area (Å²) in [7, 11) is -3.48. The zero-order valence-corrected chi connectivity index (χ0v) is 26.5. The summed E-state index contributed by atoms with van der Waals surface area (Å²) in [4.78, 5) is 32.0. The molecule has 1 heterocycles. The number of amides is 1. The summed E-state index contributed by atoms with van der Waals surface area (Å²) in [6.45, 7) is 0.625. The number of aliphatic carboxylic acids is 1. The minimum atomic E-state index is -3.48. The topological polar surface area (TPSA) is 138 Å². The van der Waals surface area contributed by atoms with Crippen molar-refractivity contribution in [2.75, 3.05) is 12.8 Å². The van der Waals surface area contributed by atoms with Gasteiger partial charge in [0.1, 0.15) is 6.04 Å². The average molecular weight is 639 g/mol. The summed E-state index contributed by atoms with van der Waals surface area (Å²) in [6.07, 6.45) is 6.29. The molecule has 1 amide bonds. The molecule has 0 radical (unpaired) electrons. The summed E-state index contributed by atoms with van der Waals surface area (Å²) in [5.74, 6) is 4.33. The lowest BCUT2D eigenvalue weighted by Crippen LogP contribution is -2.45. The van der Waals surface area contributed by atoms with Crippen molar-refractivity contribution in [2.45, 2.75) is 55.3 Å². The van der Waals surface area contributed by atoms with Crippen LogP contribution in [0.25, 0.3) is 0 Å². The van der Waals surface area contributed by atoms with E-state index in [1.807, 2.05) is 54.6 Å². The van der Waals surface area contributed by atoms with Crippen LogP contribution >= 0.6 is 0 Å². The lowest BCUT2D eigenvalue weighted by atomic mass is 9.77. The molecule has 0 fully saturated rings. The Kier molecular flexibility index (Phi) is 12.2. The molecule has 46 heavy (non-hydrogen) atoms. The molecule has 3 aromatic carbocycles. The highest BCUT2D eigenvalue weighted by Gasteiger charge is 2.35. The Morgan fingerprint density at radius 1 is 0.826 bits per heavy atom. The second-order valence-corrected chi connectivity index (χ2v) is 12.8. The first-order valence-electron chi connectivity index (χ1n) is 15.1. The van der Waals surface area contributed by atoms with Gasteiger partial charge in [-0.3, -0.25) is 10.1 Å². The van der Waals surface area contributed by atoms with Crippen molar-refractivity contribution in [1.82, 2.24) is 20.6 Å². The Morgan fingerprint density at radius 2 is 1.35 bits per heavy atom. The third-order valence-corrected chi connectivity index (χ3v) is 8.34. The monoisotopic (exact) mass is 638 g/mol. The van der Waals surface area contributed by atoms with Gasteiger partial charge in [0.2, 0.25) is 20.9 Å². The standard InChI is InChI=1S/C36H38N4O5S/c1-46(44,45)35-37-26-28(27-38-35)16-6-2-13-24-33(41)40-32(34(42)43)23-14-15-25-39-36(29-17-7-3-8-18-29,30-19-9-4-10-20-30)31-21-11-5-12-22-31/h3-5,7-12,17-22,26-27,32,39H,2,13-15,23-25H2,1H3,(H,40,41)(H,42,43)/t32-/m0/s1. The molecule has 4 rings (SSSR count). The smallest absolute Gasteiger partial charge is 0.326 e. The third-order valence-electron chi connectivity index (χ3n) is 7.46. The van der Waals surface area contributed by atoms with Crippen LogP contribution in [0.5, 0.6) is 0 Å². The Morgan fingerprint density at radius 3 is 1.83 bits per heavy atom. The van der Waals surface area contributed by atoms with Gasteiger partial charge in [-0.1, -0.05) is 103 Å². The van der Waals surface area contributed by atoms with E-state index in [2.05, 4.69) is 68.8 Å². The van der Waals surface area contributed by atoms with Crippen molar-refractivity contribution in [3.8, 4) is 11.8 Å². The maximum absolute atomic E-state index is 12.5. The lowest BCUT2D eigenvalue weighted by molar-refractivity contribution is -0.142. The number of aromatic nitrogens is 2. The fraction of sp³-hybridized carbons (Fsp3) is 0.278. The van der Waals surface area contributed by atoms with Gasteiger partial charge < -0.3 is 10.4 Å². The molecule has 238 valence electrons. The molecule has 4 aromatic rings. The molecule has 9 nitrogen and oxygen atoms in total. The number of nitrogens with zero attached hydrogens (tertiary/aromatic N) is 2. The van der Waals surface area contributed by atoms with Crippen molar-refractivity contribution in [2.24, 2.45) is 0 Å². The number of carbonyl (C=O) groups is 2. The van der Waals surface area contributed by atoms with Crippen LogP contribution in [0, 0.1) is 11.8 Å².